The minimum absolute atomic E-state index is 0.0473. The van der Waals surface area contributed by atoms with E-state index in [1.165, 1.54) is 15.3 Å². The molecule has 3 aromatic rings. The standard InChI is InChI=1S/C24H28N4O6S/c1-33-21-7-3-18(4-8-21)16-28(17-19-5-9-22(34-2)10-6-19)35(31,32)23-11-12-27(25-23)15-20-13-26(14-20)24(29)30/h3-12,20H,13-17H2,1-2H3,(H,29,30). The summed E-state index contributed by atoms with van der Waals surface area (Å²) in [5.74, 6) is 1.49. The van der Waals surface area contributed by atoms with Crippen LogP contribution in [0.1, 0.15) is 11.1 Å². The first-order valence-corrected chi connectivity index (χ1v) is 12.5. The van der Waals surface area contributed by atoms with Gasteiger partial charge in [0.05, 0.1) is 14.2 Å². The highest BCUT2D eigenvalue weighted by Crippen LogP contribution is 2.23. The van der Waals surface area contributed by atoms with E-state index in [2.05, 4.69) is 5.10 Å². The van der Waals surface area contributed by atoms with Crippen molar-refractivity contribution in [1.82, 2.24) is 19.0 Å². The van der Waals surface area contributed by atoms with Gasteiger partial charge in [0.1, 0.15) is 11.5 Å². The highest BCUT2D eigenvalue weighted by atomic mass is 32.2. The van der Waals surface area contributed by atoms with Crippen LogP contribution in [0.25, 0.3) is 0 Å². The summed E-state index contributed by atoms with van der Waals surface area (Å²) in [6.45, 7) is 1.59. The van der Waals surface area contributed by atoms with Gasteiger partial charge in [-0.25, -0.2) is 13.2 Å². The van der Waals surface area contributed by atoms with E-state index < -0.39 is 16.1 Å². The quantitative estimate of drug-likeness (QED) is 0.455. The molecular weight excluding hydrogens is 472 g/mol. The number of ether oxygens (including phenoxy) is 2. The average molecular weight is 501 g/mol. The number of carbonyl (C=O) groups is 1. The molecule has 1 saturated heterocycles. The number of amides is 1. The number of hydrogen-bond acceptors (Lipinski definition) is 6. The number of methoxy groups -OCH3 is 2. The maximum Gasteiger partial charge on any atom is 0.407 e. The predicted molar refractivity (Wildman–Crippen MR) is 128 cm³/mol. The van der Waals surface area contributed by atoms with Gasteiger partial charge in [-0.2, -0.15) is 9.40 Å². The van der Waals surface area contributed by atoms with Crippen molar-refractivity contribution < 1.29 is 27.8 Å². The maximum absolute atomic E-state index is 13.6. The Balaban J connectivity index is 1.54. The first kappa shape index (κ1) is 24.6. The van der Waals surface area contributed by atoms with Crippen LogP contribution < -0.4 is 9.47 Å². The van der Waals surface area contributed by atoms with E-state index in [-0.39, 0.29) is 24.0 Å². The fourth-order valence-corrected chi connectivity index (χ4v) is 5.26. The smallest absolute Gasteiger partial charge is 0.407 e. The third kappa shape index (κ3) is 5.75. The summed E-state index contributed by atoms with van der Waals surface area (Å²) in [7, 11) is -0.766. The maximum atomic E-state index is 13.6. The Morgan fingerprint density at radius 3 is 1.94 bits per heavy atom. The van der Waals surface area contributed by atoms with E-state index in [9.17, 15) is 13.2 Å². The number of nitrogens with zero attached hydrogens (tertiary/aromatic N) is 4. The molecule has 186 valence electrons. The summed E-state index contributed by atoms with van der Waals surface area (Å²) in [6.07, 6.45) is 0.674. The Bertz CT molecular complexity index is 1200. The molecule has 35 heavy (non-hydrogen) atoms. The number of aromatic nitrogens is 2. The second kappa shape index (κ2) is 10.4. The normalized spacial score (nSPS) is 14.1. The Morgan fingerprint density at radius 2 is 1.49 bits per heavy atom. The monoisotopic (exact) mass is 500 g/mol. The van der Waals surface area contributed by atoms with E-state index >= 15 is 0 Å². The zero-order chi connectivity index (χ0) is 25.0. The van der Waals surface area contributed by atoms with Crippen molar-refractivity contribution in [3.05, 3.63) is 71.9 Å². The van der Waals surface area contributed by atoms with E-state index in [1.807, 2.05) is 24.3 Å². The highest BCUT2D eigenvalue weighted by molar-refractivity contribution is 7.89. The van der Waals surface area contributed by atoms with E-state index in [0.29, 0.717) is 31.1 Å². The molecule has 0 unspecified atom stereocenters. The van der Waals surface area contributed by atoms with Crippen LogP contribution in [0, 0.1) is 5.92 Å². The lowest BCUT2D eigenvalue weighted by Gasteiger charge is -2.36. The highest BCUT2D eigenvalue weighted by Gasteiger charge is 2.32. The van der Waals surface area contributed by atoms with Crippen LogP contribution in [0.2, 0.25) is 0 Å². The fourth-order valence-electron chi connectivity index (χ4n) is 3.92. The van der Waals surface area contributed by atoms with Crippen LogP contribution >= 0.6 is 0 Å². The molecule has 0 radical (unpaired) electrons. The van der Waals surface area contributed by atoms with Crippen molar-refractivity contribution in [3.8, 4) is 11.5 Å². The van der Waals surface area contributed by atoms with Gasteiger partial charge in [0.2, 0.25) is 0 Å². The Labute approximate surface area is 204 Å². The second-order valence-electron chi connectivity index (χ2n) is 8.40. The molecule has 11 heteroatoms. The lowest BCUT2D eigenvalue weighted by atomic mass is 10.0. The van der Waals surface area contributed by atoms with Crippen molar-refractivity contribution in [2.75, 3.05) is 27.3 Å². The Hall–Kier alpha value is -3.57. The number of likely N-dealkylation sites (tertiary alicyclic amines) is 1. The van der Waals surface area contributed by atoms with Crippen molar-refractivity contribution in [3.63, 3.8) is 0 Å². The molecule has 0 spiro atoms. The molecule has 2 heterocycles. The first-order chi connectivity index (χ1) is 16.8. The number of carboxylic acid groups (broad SMARTS) is 1. The predicted octanol–water partition coefficient (Wildman–Crippen LogP) is 2.90. The Morgan fingerprint density at radius 1 is 0.971 bits per heavy atom. The summed E-state index contributed by atoms with van der Waals surface area (Å²) in [6, 6.07) is 16.0. The van der Waals surface area contributed by atoms with Crippen LogP contribution in [-0.4, -0.2) is 65.9 Å². The molecule has 0 atom stereocenters. The molecule has 1 aromatic heterocycles. The molecular formula is C24H28N4O6S. The van der Waals surface area contributed by atoms with Crippen molar-refractivity contribution in [2.45, 2.75) is 24.7 Å². The number of rotatable bonds is 10. The fraction of sp³-hybridized carbons (Fsp3) is 0.333. The molecule has 4 rings (SSSR count). The summed E-state index contributed by atoms with van der Waals surface area (Å²) in [4.78, 5) is 12.3. The molecule has 1 N–H and O–H groups in total. The third-order valence-electron chi connectivity index (χ3n) is 5.93. The summed E-state index contributed by atoms with van der Waals surface area (Å²) < 4.78 is 40.6. The summed E-state index contributed by atoms with van der Waals surface area (Å²) in [5, 5.41) is 13.3. The number of hydrogen-bond donors (Lipinski definition) is 1. The zero-order valence-corrected chi connectivity index (χ0v) is 20.4. The molecule has 1 fully saturated rings. The molecule has 1 aliphatic rings. The number of benzene rings is 2. The van der Waals surface area contributed by atoms with Gasteiger partial charge in [-0.05, 0) is 41.5 Å². The number of sulfonamides is 1. The Kier molecular flexibility index (Phi) is 7.27. The molecule has 0 bridgehead atoms. The van der Waals surface area contributed by atoms with Gasteiger partial charge in [-0.15, -0.1) is 0 Å². The molecule has 2 aromatic carbocycles. The summed E-state index contributed by atoms with van der Waals surface area (Å²) >= 11 is 0. The SMILES string of the molecule is COc1ccc(CN(Cc2ccc(OC)cc2)S(=O)(=O)c2ccn(CC3CN(C(=O)O)C3)n2)cc1. The van der Waals surface area contributed by atoms with Crippen molar-refractivity contribution in [2.24, 2.45) is 5.92 Å². The molecule has 1 amide bonds. The van der Waals surface area contributed by atoms with Gasteiger partial charge < -0.3 is 19.5 Å². The van der Waals surface area contributed by atoms with Crippen LogP contribution in [0.3, 0.4) is 0 Å². The average Bonchev–Trinajstić information content (AvgIpc) is 3.31. The zero-order valence-electron chi connectivity index (χ0n) is 19.6. The van der Waals surface area contributed by atoms with Crippen LogP contribution in [0.4, 0.5) is 4.79 Å². The summed E-state index contributed by atoms with van der Waals surface area (Å²) in [5.41, 5.74) is 1.62. The molecule has 1 aliphatic heterocycles. The lowest BCUT2D eigenvalue weighted by molar-refractivity contribution is 0.0730. The van der Waals surface area contributed by atoms with Crippen molar-refractivity contribution >= 4 is 16.1 Å². The van der Waals surface area contributed by atoms with Crippen LogP contribution in [-0.2, 0) is 29.7 Å². The first-order valence-electron chi connectivity index (χ1n) is 11.1. The van der Waals surface area contributed by atoms with Crippen molar-refractivity contribution in [1.29, 1.82) is 0 Å². The molecule has 0 aliphatic carbocycles. The van der Waals surface area contributed by atoms with Gasteiger partial charge in [-0.1, -0.05) is 24.3 Å². The minimum atomic E-state index is -3.92. The van der Waals surface area contributed by atoms with E-state index in [1.54, 1.807) is 49.4 Å². The molecule has 10 nitrogen and oxygen atoms in total. The van der Waals surface area contributed by atoms with Gasteiger partial charge in [-0.3, -0.25) is 4.68 Å². The van der Waals surface area contributed by atoms with Gasteiger partial charge in [0.15, 0.2) is 5.03 Å². The minimum Gasteiger partial charge on any atom is -0.497 e. The molecule has 0 saturated carbocycles. The van der Waals surface area contributed by atoms with Gasteiger partial charge in [0, 0.05) is 44.8 Å². The van der Waals surface area contributed by atoms with E-state index in [4.69, 9.17) is 14.6 Å². The largest absolute Gasteiger partial charge is 0.497 e. The van der Waals surface area contributed by atoms with Crippen LogP contribution in [0.15, 0.2) is 65.8 Å². The van der Waals surface area contributed by atoms with E-state index in [0.717, 1.165) is 11.1 Å². The third-order valence-corrected chi connectivity index (χ3v) is 7.61. The topological polar surface area (TPSA) is 114 Å². The second-order valence-corrected chi connectivity index (χ2v) is 10.3. The van der Waals surface area contributed by atoms with Gasteiger partial charge in [0.25, 0.3) is 10.0 Å². The van der Waals surface area contributed by atoms with Crippen LogP contribution in [0.5, 0.6) is 11.5 Å². The lowest BCUT2D eigenvalue weighted by Crippen LogP contribution is -2.50. The van der Waals surface area contributed by atoms with Gasteiger partial charge >= 0.3 is 6.09 Å².